The van der Waals surface area contributed by atoms with E-state index in [1.807, 2.05) is 0 Å². The van der Waals surface area contributed by atoms with Gasteiger partial charge in [-0.15, -0.1) is 0 Å². The van der Waals surface area contributed by atoms with E-state index in [4.69, 9.17) is 11.5 Å². The molecule has 1 aliphatic rings. The molecule has 1 aliphatic heterocycles. The fourth-order valence-electron chi connectivity index (χ4n) is 5.08. The SMILES string of the molecule is NC(=O)[C@H](CSc1ncccc1[N+](=O)[O-])NC(=O)[C@H](Cc1ccccc1)NC(=O)[C@@H]1CCCN1C(=O)[C@@H](N)Cc1ccc(O)cc1. The summed E-state index contributed by atoms with van der Waals surface area (Å²) in [5.74, 6) is -2.59. The minimum absolute atomic E-state index is 0.0525. The fourth-order valence-corrected chi connectivity index (χ4v) is 6.08. The number of aromatic nitrogens is 1. The van der Waals surface area contributed by atoms with E-state index in [9.17, 15) is 34.4 Å². The Kier molecular flexibility index (Phi) is 11.6. The Morgan fingerprint density at radius 1 is 1.00 bits per heavy atom. The first-order valence-electron chi connectivity index (χ1n) is 14.5. The molecule has 1 fully saturated rings. The molecule has 1 aromatic heterocycles. The zero-order valence-corrected chi connectivity index (χ0v) is 25.6. The van der Waals surface area contributed by atoms with Gasteiger partial charge in [0.15, 0.2) is 5.03 Å². The highest BCUT2D eigenvalue weighted by Gasteiger charge is 2.38. The van der Waals surface area contributed by atoms with Crippen LogP contribution in [0.5, 0.6) is 5.75 Å². The van der Waals surface area contributed by atoms with Crippen molar-refractivity contribution in [3.8, 4) is 5.75 Å². The van der Waals surface area contributed by atoms with Gasteiger partial charge >= 0.3 is 5.69 Å². The van der Waals surface area contributed by atoms with Crippen LogP contribution in [0.1, 0.15) is 24.0 Å². The quantitative estimate of drug-likeness (QED) is 0.0948. The van der Waals surface area contributed by atoms with Crippen LogP contribution >= 0.6 is 11.8 Å². The van der Waals surface area contributed by atoms with Crippen LogP contribution in [0.2, 0.25) is 0 Å². The largest absolute Gasteiger partial charge is 0.508 e. The van der Waals surface area contributed by atoms with Crippen molar-refractivity contribution in [2.24, 2.45) is 11.5 Å². The highest BCUT2D eigenvalue weighted by molar-refractivity contribution is 7.99. The van der Waals surface area contributed by atoms with Gasteiger partial charge in [0, 0.05) is 31.0 Å². The number of hydrogen-bond acceptors (Lipinski definition) is 10. The number of amides is 4. The van der Waals surface area contributed by atoms with Gasteiger partial charge < -0.3 is 32.1 Å². The summed E-state index contributed by atoms with van der Waals surface area (Å²) in [7, 11) is 0. The molecule has 4 rings (SSSR count). The van der Waals surface area contributed by atoms with E-state index in [-0.39, 0.29) is 35.1 Å². The normalized spacial score (nSPS) is 16.2. The summed E-state index contributed by atoms with van der Waals surface area (Å²) in [6.07, 6.45) is 2.58. The average Bonchev–Trinajstić information content (AvgIpc) is 3.54. The number of nitrogens with one attached hydrogen (secondary N) is 2. The van der Waals surface area contributed by atoms with Crippen molar-refractivity contribution in [3.05, 3.63) is 94.2 Å². The van der Waals surface area contributed by atoms with Gasteiger partial charge in [-0.3, -0.25) is 29.3 Å². The van der Waals surface area contributed by atoms with Crippen molar-refractivity contribution < 1.29 is 29.2 Å². The third-order valence-corrected chi connectivity index (χ3v) is 8.55. The van der Waals surface area contributed by atoms with Gasteiger partial charge in [-0.2, -0.15) is 0 Å². The molecule has 1 saturated heterocycles. The lowest BCUT2D eigenvalue weighted by Crippen LogP contribution is -2.58. The Labute approximate surface area is 269 Å². The number of phenols is 1. The molecule has 4 atom stereocenters. The Hall–Kier alpha value is -5.02. The number of hydrogen-bond donors (Lipinski definition) is 5. The average molecular weight is 650 g/mol. The maximum atomic E-state index is 13.6. The number of thioether (sulfide) groups is 1. The smallest absolute Gasteiger partial charge is 0.301 e. The molecule has 2 aromatic carbocycles. The summed E-state index contributed by atoms with van der Waals surface area (Å²) in [4.78, 5) is 68.9. The first-order chi connectivity index (χ1) is 22.0. The molecule has 46 heavy (non-hydrogen) atoms. The third kappa shape index (κ3) is 9.01. The summed E-state index contributed by atoms with van der Waals surface area (Å²) in [6.45, 7) is 0.316. The van der Waals surface area contributed by atoms with Crippen molar-refractivity contribution in [3.63, 3.8) is 0 Å². The van der Waals surface area contributed by atoms with Gasteiger partial charge in [0.1, 0.15) is 23.9 Å². The van der Waals surface area contributed by atoms with Gasteiger partial charge in [-0.1, -0.05) is 54.2 Å². The molecule has 7 N–H and O–H groups in total. The predicted octanol–water partition coefficient (Wildman–Crippen LogP) is 1.05. The summed E-state index contributed by atoms with van der Waals surface area (Å²) in [5, 5.41) is 26.3. The lowest BCUT2D eigenvalue weighted by molar-refractivity contribution is -0.388. The van der Waals surface area contributed by atoms with Crippen molar-refractivity contribution in [1.82, 2.24) is 20.5 Å². The van der Waals surface area contributed by atoms with Gasteiger partial charge in [0.2, 0.25) is 23.6 Å². The number of rotatable bonds is 14. The summed E-state index contributed by atoms with van der Waals surface area (Å²) < 4.78 is 0. The number of nitrogens with two attached hydrogens (primary N) is 2. The van der Waals surface area contributed by atoms with Gasteiger partial charge in [-0.05, 0) is 48.6 Å². The molecule has 0 saturated carbocycles. The van der Waals surface area contributed by atoms with Gasteiger partial charge in [-0.25, -0.2) is 4.98 Å². The molecular weight excluding hydrogens is 614 g/mol. The van der Waals surface area contributed by atoms with Crippen molar-refractivity contribution >= 4 is 41.1 Å². The molecule has 0 spiro atoms. The van der Waals surface area contributed by atoms with E-state index in [0.29, 0.717) is 19.4 Å². The maximum absolute atomic E-state index is 13.6. The molecule has 15 heteroatoms. The minimum Gasteiger partial charge on any atom is -0.508 e. The van der Waals surface area contributed by atoms with Crippen LogP contribution < -0.4 is 22.1 Å². The summed E-state index contributed by atoms with van der Waals surface area (Å²) >= 11 is 0.887. The summed E-state index contributed by atoms with van der Waals surface area (Å²) in [5.41, 5.74) is 13.0. The molecule has 3 aromatic rings. The van der Waals surface area contributed by atoms with Crippen LogP contribution in [0.4, 0.5) is 5.69 Å². The lowest BCUT2D eigenvalue weighted by atomic mass is 10.0. The van der Waals surface area contributed by atoms with E-state index in [1.54, 1.807) is 42.5 Å². The topological polar surface area (TPSA) is 224 Å². The number of carbonyl (C=O) groups is 4. The predicted molar refractivity (Wildman–Crippen MR) is 169 cm³/mol. The number of aromatic hydroxyl groups is 1. The number of likely N-dealkylation sites (tertiary alicyclic amines) is 1. The Balaban J connectivity index is 1.46. The van der Waals surface area contributed by atoms with Crippen LogP contribution in [0, 0.1) is 10.1 Å². The van der Waals surface area contributed by atoms with Crippen LogP contribution in [0.25, 0.3) is 0 Å². The Bertz CT molecular complexity index is 1560. The van der Waals surface area contributed by atoms with E-state index < -0.39 is 52.7 Å². The molecule has 0 bridgehead atoms. The molecule has 2 heterocycles. The van der Waals surface area contributed by atoms with E-state index in [1.165, 1.54) is 35.4 Å². The Morgan fingerprint density at radius 2 is 1.70 bits per heavy atom. The lowest BCUT2D eigenvalue weighted by Gasteiger charge is -2.29. The first kappa shape index (κ1) is 33.9. The maximum Gasteiger partial charge on any atom is 0.301 e. The highest BCUT2D eigenvalue weighted by atomic mass is 32.2. The van der Waals surface area contributed by atoms with Crippen LogP contribution in [-0.2, 0) is 32.0 Å². The number of primary amides is 1. The van der Waals surface area contributed by atoms with Crippen molar-refractivity contribution in [1.29, 1.82) is 0 Å². The van der Waals surface area contributed by atoms with Gasteiger partial charge in [0.25, 0.3) is 0 Å². The molecule has 0 aliphatic carbocycles. The second-order valence-corrected chi connectivity index (χ2v) is 11.8. The monoisotopic (exact) mass is 649 g/mol. The number of benzene rings is 2. The molecule has 0 radical (unpaired) electrons. The number of pyridine rings is 1. The second kappa shape index (κ2) is 15.8. The number of phenolic OH excluding ortho intramolecular Hbond substituents is 1. The van der Waals surface area contributed by atoms with Crippen molar-refractivity contribution in [2.75, 3.05) is 12.3 Å². The third-order valence-electron chi connectivity index (χ3n) is 7.46. The fraction of sp³-hybridized carbons (Fsp3) is 0.323. The highest BCUT2D eigenvalue weighted by Crippen LogP contribution is 2.27. The van der Waals surface area contributed by atoms with E-state index in [2.05, 4.69) is 15.6 Å². The van der Waals surface area contributed by atoms with Crippen molar-refractivity contribution in [2.45, 2.75) is 54.9 Å². The minimum atomic E-state index is -1.24. The zero-order valence-electron chi connectivity index (χ0n) is 24.8. The van der Waals surface area contributed by atoms with Crippen LogP contribution in [0.3, 0.4) is 0 Å². The second-order valence-electron chi connectivity index (χ2n) is 10.8. The molecular formula is C31H35N7O7S. The van der Waals surface area contributed by atoms with Gasteiger partial charge in [0.05, 0.1) is 11.0 Å². The van der Waals surface area contributed by atoms with Crippen LogP contribution in [0.15, 0.2) is 78.0 Å². The molecule has 0 unspecified atom stereocenters. The zero-order chi connectivity index (χ0) is 33.2. The van der Waals surface area contributed by atoms with E-state index in [0.717, 1.165) is 22.9 Å². The number of carbonyl (C=O) groups excluding carboxylic acids is 4. The van der Waals surface area contributed by atoms with Crippen LogP contribution in [-0.4, -0.2) is 80.0 Å². The Morgan fingerprint density at radius 3 is 2.37 bits per heavy atom. The molecule has 4 amide bonds. The molecule has 14 nitrogen and oxygen atoms in total. The standard InChI is InChI=1S/C31H35N7O7S/c32-22(16-20-10-12-21(39)13-11-20)31(43)37-15-5-9-25(37)29(42)35-23(17-19-6-2-1-3-7-19)28(41)36-24(27(33)40)18-46-30-26(38(44)45)8-4-14-34-30/h1-4,6-8,10-14,22-25,39H,5,9,15-18,32H2,(H2,33,40)(H,35,42)(H,36,41)/t22-,23-,24-,25-/m0/s1. The number of nitrogens with zero attached hydrogens (tertiary/aromatic N) is 3. The molecule has 242 valence electrons. The first-order valence-corrected chi connectivity index (χ1v) is 15.5. The van der Waals surface area contributed by atoms with E-state index >= 15 is 0 Å². The summed E-state index contributed by atoms with van der Waals surface area (Å²) in [6, 6.07) is 13.8. The number of nitro groups is 1.